The monoisotopic (exact) mass is 644 g/mol. The van der Waals surface area contributed by atoms with Crippen molar-refractivity contribution in [2.45, 2.75) is 55.8 Å². The van der Waals surface area contributed by atoms with Crippen molar-refractivity contribution in [3.8, 4) is 22.3 Å². The summed E-state index contributed by atoms with van der Waals surface area (Å²) in [5, 5.41) is 0. The summed E-state index contributed by atoms with van der Waals surface area (Å²) in [5.74, 6) is 0. The smallest absolute Gasteiger partial charge is 1.00 e. The quantitative estimate of drug-likeness (QED) is 0.147. The summed E-state index contributed by atoms with van der Waals surface area (Å²) >= 11 is 0. The first-order valence-electron chi connectivity index (χ1n) is 13.7. The Kier molecular flexibility index (Phi) is 11.2. The van der Waals surface area contributed by atoms with Gasteiger partial charge < -0.3 is 24.8 Å². The minimum Gasteiger partial charge on any atom is -1.00 e. The predicted molar refractivity (Wildman–Crippen MR) is 157 cm³/mol. The molecule has 0 nitrogen and oxygen atoms in total. The van der Waals surface area contributed by atoms with Crippen LogP contribution in [0.25, 0.3) is 22.3 Å². The van der Waals surface area contributed by atoms with Crippen LogP contribution in [-0.2, 0) is 26.2 Å². The second kappa shape index (κ2) is 13.8. The Morgan fingerprint density at radius 3 is 1.26 bits per heavy atom. The zero-order valence-electron chi connectivity index (χ0n) is 22.7. The zero-order valence-corrected chi connectivity index (χ0v) is 27.6. The van der Waals surface area contributed by atoms with Gasteiger partial charge in [-0.1, -0.05) is 135 Å². The molecule has 0 N–H and O–H groups in total. The molecular weight excluding hydrogens is 611 g/mol. The number of hydrogen-bond acceptors (Lipinski definition) is 0. The largest absolute Gasteiger partial charge is 2.00 e. The van der Waals surface area contributed by atoms with Gasteiger partial charge in [-0.15, -0.1) is 6.58 Å². The fraction of sp³-hybridized carbons (Fsp3) is 0.257. The normalized spacial score (nSPS) is 13.2. The Morgan fingerprint density at radius 2 is 0.897 bits per heavy atom. The standard InChI is InChI=1S/C35H36Si.2ClH.Zr/c1-3-4-5-6-7-16-25-36(2,34-30-21-12-8-17-26(30)27-18-9-13-22-31(27)34)35-32-23-14-10-19-28(32)29-20-11-15-24-33(29)35;;;/h3,8-15,17-24,34-35H,1,4-7,16,25H2,2H3;2*1H;/q;;;+2/p-2. The molecule has 39 heavy (non-hydrogen) atoms. The van der Waals surface area contributed by atoms with E-state index in [1.807, 2.05) is 0 Å². The molecule has 4 aromatic rings. The van der Waals surface area contributed by atoms with Gasteiger partial charge in [-0.2, -0.15) is 0 Å². The maximum absolute atomic E-state index is 3.91. The summed E-state index contributed by atoms with van der Waals surface area (Å²) in [5.41, 5.74) is 13.2. The van der Waals surface area contributed by atoms with Gasteiger partial charge in [-0.05, 0) is 57.3 Å². The molecule has 4 heteroatoms. The van der Waals surface area contributed by atoms with Crippen molar-refractivity contribution in [3.05, 3.63) is 132 Å². The van der Waals surface area contributed by atoms with E-state index in [4.69, 9.17) is 0 Å². The van der Waals surface area contributed by atoms with E-state index in [9.17, 15) is 0 Å². The Labute approximate surface area is 267 Å². The van der Waals surface area contributed by atoms with Crippen LogP contribution in [0.3, 0.4) is 0 Å². The molecule has 0 bridgehead atoms. The van der Waals surface area contributed by atoms with Crippen LogP contribution in [0.1, 0.15) is 65.4 Å². The maximum Gasteiger partial charge on any atom is 2.00 e. The molecule has 2 aliphatic rings. The molecule has 0 fully saturated rings. The number of halogens is 2. The Hall–Kier alpha value is -1.70. The molecule has 0 saturated carbocycles. The van der Waals surface area contributed by atoms with E-state index in [-0.39, 0.29) is 51.0 Å². The Balaban J connectivity index is 0.00000140. The third kappa shape index (κ3) is 5.60. The van der Waals surface area contributed by atoms with E-state index in [0.717, 1.165) is 6.42 Å². The fourth-order valence-corrected chi connectivity index (χ4v) is 13.1. The molecule has 0 aliphatic heterocycles. The van der Waals surface area contributed by atoms with Crippen LogP contribution < -0.4 is 24.8 Å². The van der Waals surface area contributed by atoms with Crippen LogP contribution in [0.4, 0.5) is 0 Å². The summed E-state index contributed by atoms with van der Waals surface area (Å²) < 4.78 is 0. The first-order valence-corrected chi connectivity index (χ1v) is 16.6. The van der Waals surface area contributed by atoms with Crippen molar-refractivity contribution < 1.29 is 51.0 Å². The second-order valence-corrected chi connectivity index (χ2v) is 15.6. The zero-order chi connectivity index (χ0) is 24.5. The number of allylic oxidation sites excluding steroid dienone is 1. The van der Waals surface area contributed by atoms with Crippen LogP contribution in [0.15, 0.2) is 110 Å². The van der Waals surface area contributed by atoms with Gasteiger partial charge in [0.2, 0.25) is 0 Å². The summed E-state index contributed by atoms with van der Waals surface area (Å²) in [4.78, 5) is 0. The minimum atomic E-state index is -1.98. The van der Waals surface area contributed by atoms with Crippen LogP contribution in [0, 0.1) is 0 Å². The van der Waals surface area contributed by atoms with Crippen LogP contribution in [0.2, 0.25) is 12.6 Å². The minimum absolute atomic E-state index is 0. The number of hydrogen-bond donors (Lipinski definition) is 0. The van der Waals surface area contributed by atoms with Crippen molar-refractivity contribution >= 4 is 8.07 Å². The van der Waals surface area contributed by atoms with E-state index < -0.39 is 8.07 Å². The molecular formula is C35H36Cl2SiZr. The molecule has 0 saturated heterocycles. The predicted octanol–water partition coefficient (Wildman–Crippen LogP) is 3.91. The van der Waals surface area contributed by atoms with Gasteiger partial charge in [0, 0.05) is 11.1 Å². The van der Waals surface area contributed by atoms with Crippen molar-refractivity contribution in [3.63, 3.8) is 0 Å². The van der Waals surface area contributed by atoms with Gasteiger partial charge in [0.25, 0.3) is 0 Å². The fourth-order valence-electron chi connectivity index (χ4n) is 7.34. The van der Waals surface area contributed by atoms with E-state index >= 15 is 0 Å². The first kappa shape index (κ1) is 31.8. The molecule has 0 unspecified atom stereocenters. The van der Waals surface area contributed by atoms with Crippen LogP contribution in [-0.4, -0.2) is 8.07 Å². The number of benzene rings is 4. The first-order chi connectivity index (χ1) is 17.7. The average Bonchev–Trinajstić information content (AvgIpc) is 3.45. The van der Waals surface area contributed by atoms with E-state index in [0.29, 0.717) is 11.1 Å². The Bertz CT molecular complexity index is 1230. The molecule has 0 radical (unpaired) electrons. The van der Waals surface area contributed by atoms with E-state index in [1.54, 1.807) is 22.3 Å². The molecule has 0 amide bonds. The second-order valence-electron chi connectivity index (χ2n) is 11.0. The molecule has 0 aromatic heterocycles. The van der Waals surface area contributed by atoms with E-state index in [1.165, 1.54) is 54.0 Å². The number of rotatable bonds is 9. The number of fused-ring (bicyclic) bond motifs is 6. The third-order valence-electron chi connectivity index (χ3n) is 8.86. The summed E-state index contributed by atoms with van der Waals surface area (Å²) in [6.07, 6.45) is 8.43. The van der Waals surface area contributed by atoms with Crippen molar-refractivity contribution in [1.82, 2.24) is 0 Å². The van der Waals surface area contributed by atoms with E-state index in [2.05, 4.69) is 116 Å². The summed E-state index contributed by atoms with van der Waals surface area (Å²) in [7, 11) is -1.98. The summed E-state index contributed by atoms with van der Waals surface area (Å²) in [6, 6.07) is 38.4. The van der Waals surface area contributed by atoms with Gasteiger partial charge >= 0.3 is 26.2 Å². The van der Waals surface area contributed by atoms with Crippen molar-refractivity contribution in [2.24, 2.45) is 0 Å². The summed E-state index contributed by atoms with van der Waals surface area (Å²) in [6.45, 7) is 6.65. The molecule has 6 rings (SSSR count). The van der Waals surface area contributed by atoms with Gasteiger partial charge in [0.05, 0.1) is 8.07 Å². The van der Waals surface area contributed by atoms with Crippen molar-refractivity contribution in [1.29, 1.82) is 0 Å². The van der Waals surface area contributed by atoms with Crippen molar-refractivity contribution in [2.75, 3.05) is 0 Å². The van der Waals surface area contributed by atoms with Gasteiger partial charge in [0.1, 0.15) is 0 Å². The average molecular weight is 647 g/mol. The van der Waals surface area contributed by atoms with Gasteiger partial charge in [-0.25, -0.2) is 0 Å². The topological polar surface area (TPSA) is 0 Å². The third-order valence-corrected chi connectivity index (χ3v) is 14.2. The molecule has 0 atom stereocenters. The van der Waals surface area contributed by atoms with Gasteiger partial charge in [0.15, 0.2) is 0 Å². The van der Waals surface area contributed by atoms with Crippen LogP contribution >= 0.6 is 0 Å². The maximum atomic E-state index is 3.91. The molecule has 4 aromatic carbocycles. The van der Waals surface area contributed by atoms with Gasteiger partial charge in [-0.3, -0.25) is 0 Å². The number of unbranched alkanes of at least 4 members (excludes halogenated alkanes) is 4. The Morgan fingerprint density at radius 1 is 0.564 bits per heavy atom. The van der Waals surface area contributed by atoms with Crippen LogP contribution in [0.5, 0.6) is 0 Å². The molecule has 198 valence electrons. The molecule has 0 spiro atoms. The SMILES string of the molecule is C=CCCCCCC[Si](C)(C1c2ccccc2-c2ccccc21)C1c2ccccc2-c2ccccc21.[Cl-].[Cl-].[Zr+2]. The molecule has 2 aliphatic carbocycles. The molecule has 0 heterocycles.